The predicted molar refractivity (Wildman–Crippen MR) is 156 cm³/mol. The zero-order chi connectivity index (χ0) is 29.9. The molecule has 2 aromatic carbocycles. The van der Waals surface area contributed by atoms with E-state index in [1.807, 2.05) is 6.92 Å². The van der Waals surface area contributed by atoms with Gasteiger partial charge in [0.2, 0.25) is 0 Å². The molecule has 2 heterocycles. The number of fused-ring (bicyclic) bond motifs is 1. The van der Waals surface area contributed by atoms with Crippen LogP contribution in [-0.4, -0.2) is 56.8 Å². The summed E-state index contributed by atoms with van der Waals surface area (Å²) in [6, 6.07) is 9.77. The molecule has 0 spiro atoms. The molecule has 222 valence electrons. The van der Waals surface area contributed by atoms with Crippen LogP contribution in [0.1, 0.15) is 62.9 Å². The molecule has 2 aliphatic rings. The van der Waals surface area contributed by atoms with Crippen LogP contribution in [0.5, 0.6) is 0 Å². The van der Waals surface area contributed by atoms with Crippen LogP contribution in [0.3, 0.4) is 0 Å². The number of Topliss-reactive ketones (excluding diaryl/α,β-unsaturated/α-hetero) is 1. The minimum atomic E-state index is -4.04. The first-order valence-electron chi connectivity index (χ1n) is 13.8. The van der Waals surface area contributed by atoms with Crippen LogP contribution < -0.4 is 10.2 Å². The quantitative estimate of drug-likeness (QED) is 0.432. The van der Waals surface area contributed by atoms with E-state index in [0.29, 0.717) is 41.7 Å². The summed E-state index contributed by atoms with van der Waals surface area (Å²) in [5.74, 6) is -0.910. The van der Waals surface area contributed by atoms with Gasteiger partial charge >= 0.3 is 6.09 Å². The number of alkyl carbamates (subject to hydrolysis) is 1. The minimum absolute atomic E-state index is 0.00113. The smallest absolute Gasteiger partial charge is 0.408 e. The maximum absolute atomic E-state index is 13.9. The number of rotatable bonds is 7. The van der Waals surface area contributed by atoms with E-state index in [4.69, 9.17) is 21.1 Å². The fraction of sp³-hybridized carbons (Fsp3) is 0.500. The molecule has 1 N–H and O–H groups in total. The fourth-order valence-corrected chi connectivity index (χ4v) is 6.94. The Morgan fingerprint density at radius 2 is 1.78 bits per heavy atom. The number of carbonyl (C=O) groups is 3. The van der Waals surface area contributed by atoms with E-state index in [1.165, 1.54) is 23.1 Å². The van der Waals surface area contributed by atoms with Crippen LogP contribution in [0.2, 0.25) is 5.02 Å². The summed E-state index contributed by atoms with van der Waals surface area (Å²) in [6.45, 7) is 8.42. The first-order chi connectivity index (χ1) is 19.2. The van der Waals surface area contributed by atoms with Crippen molar-refractivity contribution in [1.29, 1.82) is 0 Å². The predicted octanol–water partition coefficient (Wildman–Crippen LogP) is 5.19. The number of sulfone groups is 1. The molecule has 11 heteroatoms. The third-order valence-electron chi connectivity index (χ3n) is 7.38. The highest BCUT2D eigenvalue weighted by atomic mass is 35.5. The third kappa shape index (κ3) is 7.87. The molecule has 0 unspecified atom stereocenters. The number of ketones is 1. The molecule has 2 amide bonds. The van der Waals surface area contributed by atoms with Crippen LogP contribution in [0.15, 0.2) is 47.4 Å². The van der Waals surface area contributed by atoms with Gasteiger partial charge < -0.3 is 19.7 Å². The van der Waals surface area contributed by atoms with E-state index < -0.39 is 39.2 Å². The second kappa shape index (κ2) is 12.5. The van der Waals surface area contributed by atoms with Gasteiger partial charge in [0, 0.05) is 30.2 Å². The van der Waals surface area contributed by atoms with Crippen molar-refractivity contribution in [1.82, 2.24) is 5.32 Å². The van der Waals surface area contributed by atoms with Crippen LogP contribution in [0.25, 0.3) is 0 Å². The van der Waals surface area contributed by atoms with Crippen molar-refractivity contribution < 1.29 is 32.3 Å². The number of nitrogens with zero attached hydrogens (tertiary/aromatic N) is 1. The summed E-state index contributed by atoms with van der Waals surface area (Å²) in [5.41, 5.74) is 0.266. The molecule has 4 rings (SSSR count). The molecule has 0 saturated carbocycles. The summed E-state index contributed by atoms with van der Waals surface area (Å²) in [4.78, 5) is 41.1. The molecule has 1 fully saturated rings. The average Bonchev–Trinajstić information content (AvgIpc) is 2.97. The average molecular weight is 605 g/mol. The maximum Gasteiger partial charge on any atom is 0.408 e. The Kier molecular flexibility index (Phi) is 9.45. The molecular weight excluding hydrogens is 568 g/mol. The third-order valence-corrected chi connectivity index (χ3v) is 9.42. The Balaban J connectivity index is 1.70. The highest BCUT2D eigenvalue weighted by Crippen LogP contribution is 2.34. The summed E-state index contributed by atoms with van der Waals surface area (Å²) in [6.07, 6.45) is 1.18. The number of benzene rings is 2. The van der Waals surface area contributed by atoms with Gasteiger partial charge in [-0.15, -0.1) is 0 Å². The van der Waals surface area contributed by atoms with Gasteiger partial charge in [-0.2, -0.15) is 0 Å². The van der Waals surface area contributed by atoms with Gasteiger partial charge in [0.25, 0.3) is 5.91 Å². The zero-order valence-electron chi connectivity index (χ0n) is 23.8. The summed E-state index contributed by atoms with van der Waals surface area (Å²) in [7, 11) is -4.04. The number of carbonyl (C=O) groups excluding carboxylic acids is 3. The van der Waals surface area contributed by atoms with Gasteiger partial charge in [0.15, 0.2) is 15.6 Å². The highest BCUT2D eigenvalue weighted by Gasteiger charge is 2.40. The number of anilines is 1. The van der Waals surface area contributed by atoms with Crippen molar-refractivity contribution >= 4 is 44.9 Å². The SMILES string of the molecule is C[C@@H](CC(=O)c1ccc2c(c1)N(Cc1ccc(Cl)cc1)C(=O)[C@@H](NC(=O)OC(C)(C)C)CS2(=O)=O)C1CCOCC1. The Bertz CT molecular complexity index is 1400. The van der Waals surface area contributed by atoms with E-state index in [-0.39, 0.29) is 28.8 Å². The monoisotopic (exact) mass is 604 g/mol. The first-order valence-corrected chi connectivity index (χ1v) is 15.8. The van der Waals surface area contributed by atoms with Gasteiger partial charge in [-0.25, -0.2) is 13.2 Å². The molecule has 0 aromatic heterocycles. The Morgan fingerprint density at radius 1 is 1.12 bits per heavy atom. The van der Waals surface area contributed by atoms with Gasteiger partial charge in [-0.1, -0.05) is 30.7 Å². The van der Waals surface area contributed by atoms with Gasteiger partial charge in [-0.05, 0) is 81.3 Å². The topological polar surface area (TPSA) is 119 Å². The first kappa shape index (κ1) is 31.0. The van der Waals surface area contributed by atoms with Crippen LogP contribution in [0, 0.1) is 11.8 Å². The summed E-state index contributed by atoms with van der Waals surface area (Å²) in [5, 5.41) is 2.96. The number of nitrogens with one attached hydrogen (secondary N) is 1. The summed E-state index contributed by atoms with van der Waals surface area (Å²) < 4.78 is 37.8. The molecule has 2 atom stereocenters. The normalized spacial score (nSPS) is 20.1. The lowest BCUT2D eigenvalue weighted by Gasteiger charge is -2.28. The zero-order valence-corrected chi connectivity index (χ0v) is 25.4. The van der Waals surface area contributed by atoms with Crippen molar-refractivity contribution in [3.8, 4) is 0 Å². The lowest BCUT2D eigenvalue weighted by molar-refractivity contribution is -0.120. The molecule has 9 nitrogen and oxygen atoms in total. The van der Waals surface area contributed by atoms with Gasteiger partial charge in [0.05, 0.1) is 22.9 Å². The van der Waals surface area contributed by atoms with E-state index in [9.17, 15) is 22.8 Å². The van der Waals surface area contributed by atoms with E-state index in [0.717, 1.165) is 12.8 Å². The van der Waals surface area contributed by atoms with E-state index in [1.54, 1.807) is 45.0 Å². The Hall–Kier alpha value is -2.95. The van der Waals surface area contributed by atoms with Crippen LogP contribution in [0.4, 0.5) is 10.5 Å². The lowest BCUT2D eigenvalue weighted by Crippen LogP contribution is -2.51. The minimum Gasteiger partial charge on any atom is -0.444 e. The van der Waals surface area contributed by atoms with E-state index >= 15 is 0 Å². The summed E-state index contributed by atoms with van der Waals surface area (Å²) >= 11 is 6.05. The van der Waals surface area contributed by atoms with Gasteiger partial charge in [0.1, 0.15) is 11.6 Å². The number of hydrogen-bond donors (Lipinski definition) is 1. The van der Waals surface area contributed by atoms with Crippen LogP contribution >= 0.6 is 11.6 Å². The number of amides is 2. The number of ether oxygens (including phenoxy) is 2. The number of hydrogen-bond acceptors (Lipinski definition) is 7. The molecule has 2 aromatic rings. The van der Waals surface area contributed by atoms with Crippen molar-refractivity contribution in [3.63, 3.8) is 0 Å². The fourth-order valence-electron chi connectivity index (χ4n) is 5.20. The van der Waals surface area contributed by atoms with Crippen molar-refractivity contribution in [2.75, 3.05) is 23.9 Å². The highest BCUT2D eigenvalue weighted by molar-refractivity contribution is 7.91. The molecule has 41 heavy (non-hydrogen) atoms. The maximum atomic E-state index is 13.9. The van der Waals surface area contributed by atoms with Crippen molar-refractivity contribution in [2.24, 2.45) is 11.8 Å². The van der Waals surface area contributed by atoms with Crippen molar-refractivity contribution in [3.05, 3.63) is 58.6 Å². The second-order valence-electron chi connectivity index (χ2n) is 11.8. The molecule has 1 saturated heterocycles. The number of halogens is 1. The second-order valence-corrected chi connectivity index (χ2v) is 14.2. The van der Waals surface area contributed by atoms with Crippen LogP contribution in [-0.2, 0) is 30.7 Å². The largest absolute Gasteiger partial charge is 0.444 e. The molecule has 2 aliphatic heterocycles. The Labute approximate surface area is 246 Å². The molecule has 0 radical (unpaired) electrons. The van der Waals surface area contributed by atoms with E-state index in [2.05, 4.69) is 5.32 Å². The lowest BCUT2D eigenvalue weighted by atomic mass is 9.83. The van der Waals surface area contributed by atoms with Crippen molar-refractivity contribution in [2.45, 2.75) is 70.0 Å². The molecular formula is C30H37ClN2O7S. The Morgan fingerprint density at radius 3 is 2.41 bits per heavy atom. The standard InChI is InChI=1S/C30H37ClN2O7S/c1-19(21-11-13-39-14-12-21)15-26(34)22-7-10-27-25(16-22)33(17-20-5-8-23(31)9-6-20)28(35)24(18-41(27,37)38)32-29(36)40-30(2,3)4/h5-10,16,19,21,24H,11-15,17-18H2,1-4H3,(H,32,36)/t19-,24-/m0/s1. The van der Waals surface area contributed by atoms with Gasteiger partial charge in [-0.3, -0.25) is 9.59 Å². The molecule has 0 bridgehead atoms. The molecule has 0 aliphatic carbocycles.